The van der Waals surface area contributed by atoms with Crippen LogP contribution in [0.4, 0.5) is 20.2 Å². The summed E-state index contributed by atoms with van der Waals surface area (Å²) < 4.78 is 26.7. The molecule has 0 atom stereocenters. The van der Waals surface area contributed by atoms with E-state index in [0.717, 1.165) is 23.3 Å². The Morgan fingerprint density at radius 2 is 1.64 bits per heavy atom. The van der Waals surface area contributed by atoms with Gasteiger partial charge in [0, 0.05) is 23.5 Å². The molecule has 5 nitrogen and oxygen atoms in total. The van der Waals surface area contributed by atoms with Crippen molar-refractivity contribution in [3.63, 3.8) is 0 Å². The lowest BCUT2D eigenvalue weighted by Gasteiger charge is -2.09. The topological polar surface area (TPSA) is 71.1 Å². The SMILES string of the molecule is Cc1ccc(NC(=O)c2ccnc(C(=O)Nc3ccc(F)cc3F)c2)cc1C. The van der Waals surface area contributed by atoms with Crippen LogP contribution in [0, 0.1) is 25.5 Å². The molecule has 2 N–H and O–H groups in total. The van der Waals surface area contributed by atoms with Gasteiger partial charge in [0.05, 0.1) is 5.69 Å². The second-order valence-electron chi connectivity index (χ2n) is 6.26. The first-order valence-electron chi connectivity index (χ1n) is 8.44. The number of halogens is 2. The summed E-state index contributed by atoms with van der Waals surface area (Å²) in [4.78, 5) is 28.7. The molecule has 0 unspecified atom stereocenters. The number of carbonyl (C=O) groups is 2. The first-order chi connectivity index (χ1) is 13.3. The van der Waals surface area contributed by atoms with Gasteiger partial charge in [-0.25, -0.2) is 8.78 Å². The lowest BCUT2D eigenvalue weighted by Crippen LogP contribution is -2.17. The molecule has 2 aromatic carbocycles. The van der Waals surface area contributed by atoms with Crippen LogP contribution in [0.3, 0.4) is 0 Å². The van der Waals surface area contributed by atoms with Gasteiger partial charge in [-0.1, -0.05) is 6.07 Å². The molecule has 0 saturated heterocycles. The van der Waals surface area contributed by atoms with E-state index in [1.165, 1.54) is 18.3 Å². The van der Waals surface area contributed by atoms with Crippen LogP contribution in [0.2, 0.25) is 0 Å². The normalized spacial score (nSPS) is 10.4. The summed E-state index contributed by atoms with van der Waals surface area (Å²) >= 11 is 0. The molecule has 0 aliphatic heterocycles. The van der Waals surface area contributed by atoms with Crippen molar-refractivity contribution in [2.24, 2.45) is 0 Å². The molecule has 2 amide bonds. The number of hydrogen-bond donors (Lipinski definition) is 2. The first kappa shape index (κ1) is 19.2. The number of amides is 2. The summed E-state index contributed by atoms with van der Waals surface area (Å²) in [5, 5.41) is 5.07. The molecular formula is C21H17F2N3O2. The quantitative estimate of drug-likeness (QED) is 0.700. The predicted octanol–water partition coefficient (Wildman–Crippen LogP) is 4.48. The van der Waals surface area contributed by atoms with E-state index in [9.17, 15) is 18.4 Å². The summed E-state index contributed by atoms with van der Waals surface area (Å²) in [6, 6.07) is 11.1. The van der Waals surface area contributed by atoms with E-state index < -0.39 is 23.4 Å². The maximum atomic E-state index is 13.7. The highest BCUT2D eigenvalue weighted by atomic mass is 19.1. The maximum absolute atomic E-state index is 13.7. The first-order valence-corrected chi connectivity index (χ1v) is 8.44. The highest BCUT2D eigenvalue weighted by Gasteiger charge is 2.14. The Balaban J connectivity index is 1.76. The summed E-state index contributed by atoms with van der Waals surface area (Å²) in [5.41, 5.74) is 2.74. The fourth-order valence-electron chi connectivity index (χ4n) is 2.50. The molecule has 1 heterocycles. The third-order valence-corrected chi connectivity index (χ3v) is 4.20. The van der Waals surface area contributed by atoms with Crippen molar-refractivity contribution in [3.8, 4) is 0 Å². The van der Waals surface area contributed by atoms with Crippen molar-refractivity contribution in [1.82, 2.24) is 4.98 Å². The third-order valence-electron chi connectivity index (χ3n) is 4.20. The van der Waals surface area contributed by atoms with Crippen LogP contribution in [0.15, 0.2) is 54.7 Å². The number of rotatable bonds is 4. The van der Waals surface area contributed by atoms with Crippen LogP contribution in [0.25, 0.3) is 0 Å². The number of hydrogen-bond acceptors (Lipinski definition) is 3. The highest BCUT2D eigenvalue weighted by molar-refractivity contribution is 6.07. The van der Waals surface area contributed by atoms with Crippen LogP contribution >= 0.6 is 0 Å². The van der Waals surface area contributed by atoms with Crippen molar-refractivity contribution in [2.45, 2.75) is 13.8 Å². The molecule has 0 spiro atoms. The average molecular weight is 381 g/mol. The third kappa shape index (κ3) is 4.37. The van der Waals surface area contributed by atoms with E-state index in [1.807, 2.05) is 26.0 Å². The molecule has 0 aliphatic rings. The Bertz CT molecular complexity index is 1070. The van der Waals surface area contributed by atoms with Crippen LogP contribution in [0.1, 0.15) is 32.0 Å². The van der Waals surface area contributed by atoms with E-state index in [1.54, 1.807) is 6.07 Å². The van der Waals surface area contributed by atoms with Crippen LogP contribution < -0.4 is 10.6 Å². The van der Waals surface area contributed by atoms with E-state index >= 15 is 0 Å². The maximum Gasteiger partial charge on any atom is 0.274 e. The Kier molecular flexibility index (Phi) is 5.44. The predicted molar refractivity (Wildman–Crippen MR) is 102 cm³/mol. The van der Waals surface area contributed by atoms with Gasteiger partial charge in [0.1, 0.15) is 17.3 Å². The van der Waals surface area contributed by atoms with Gasteiger partial charge in [-0.05, 0) is 61.4 Å². The average Bonchev–Trinajstić information content (AvgIpc) is 2.67. The van der Waals surface area contributed by atoms with Crippen LogP contribution in [0.5, 0.6) is 0 Å². The van der Waals surface area contributed by atoms with Crippen molar-refractivity contribution in [3.05, 3.63) is 88.7 Å². The van der Waals surface area contributed by atoms with Gasteiger partial charge in [-0.3, -0.25) is 14.6 Å². The highest BCUT2D eigenvalue weighted by Crippen LogP contribution is 2.17. The lowest BCUT2D eigenvalue weighted by molar-refractivity contribution is 0.102. The molecule has 7 heteroatoms. The Hall–Kier alpha value is -3.61. The van der Waals surface area contributed by atoms with Crippen molar-refractivity contribution < 1.29 is 18.4 Å². The molecule has 0 aliphatic carbocycles. The number of nitrogens with one attached hydrogen (secondary N) is 2. The smallest absolute Gasteiger partial charge is 0.274 e. The fourth-order valence-corrected chi connectivity index (χ4v) is 2.50. The van der Waals surface area contributed by atoms with Crippen molar-refractivity contribution in [2.75, 3.05) is 10.6 Å². The zero-order chi connectivity index (χ0) is 20.3. The van der Waals surface area contributed by atoms with E-state index in [0.29, 0.717) is 11.8 Å². The molecule has 0 radical (unpaired) electrons. The zero-order valence-corrected chi connectivity index (χ0v) is 15.2. The summed E-state index contributed by atoms with van der Waals surface area (Å²) in [6.07, 6.45) is 1.31. The number of benzene rings is 2. The fraction of sp³-hybridized carbons (Fsp3) is 0.0952. The molecule has 28 heavy (non-hydrogen) atoms. The minimum absolute atomic E-state index is 0.0727. The molecular weight excluding hydrogens is 364 g/mol. The second-order valence-corrected chi connectivity index (χ2v) is 6.26. The van der Waals surface area contributed by atoms with Gasteiger partial charge in [-0.15, -0.1) is 0 Å². The molecule has 0 fully saturated rings. The van der Waals surface area contributed by atoms with Gasteiger partial charge in [0.15, 0.2) is 0 Å². The zero-order valence-electron chi connectivity index (χ0n) is 15.2. The molecule has 1 aromatic heterocycles. The number of aryl methyl sites for hydroxylation is 2. The van der Waals surface area contributed by atoms with Gasteiger partial charge in [0.25, 0.3) is 11.8 Å². The standard InChI is InChI=1S/C21H17F2N3O2/c1-12-3-5-16(9-13(12)2)25-20(27)14-7-8-24-19(10-14)21(28)26-18-6-4-15(22)11-17(18)23/h3-11H,1-2H3,(H,25,27)(H,26,28). The van der Waals surface area contributed by atoms with E-state index in [-0.39, 0.29) is 16.9 Å². The largest absolute Gasteiger partial charge is 0.322 e. The minimum Gasteiger partial charge on any atom is -0.322 e. The van der Waals surface area contributed by atoms with E-state index in [2.05, 4.69) is 15.6 Å². The number of nitrogens with zero attached hydrogens (tertiary/aromatic N) is 1. The Morgan fingerprint density at radius 3 is 2.36 bits per heavy atom. The van der Waals surface area contributed by atoms with Crippen molar-refractivity contribution in [1.29, 1.82) is 0 Å². The van der Waals surface area contributed by atoms with Gasteiger partial charge in [0.2, 0.25) is 0 Å². The number of carbonyl (C=O) groups excluding carboxylic acids is 2. The van der Waals surface area contributed by atoms with Crippen LogP contribution in [-0.4, -0.2) is 16.8 Å². The van der Waals surface area contributed by atoms with Gasteiger partial charge >= 0.3 is 0 Å². The number of pyridine rings is 1. The molecule has 3 rings (SSSR count). The summed E-state index contributed by atoms with van der Waals surface area (Å²) in [7, 11) is 0. The summed E-state index contributed by atoms with van der Waals surface area (Å²) in [6.45, 7) is 3.91. The monoisotopic (exact) mass is 381 g/mol. The Morgan fingerprint density at radius 1 is 0.857 bits per heavy atom. The molecule has 3 aromatic rings. The van der Waals surface area contributed by atoms with Gasteiger partial charge < -0.3 is 10.6 Å². The molecule has 0 saturated carbocycles. The number of anilines is 2. The lowest BCUT2D eigenvalue weighted by atomic mass is 10.1. The minimum atomic E-state index is -0.906. The van der Waals surface area contributed by atoms with Gasteiger partial charge in [-0.2, -0.15) is 0 Å². The number of aromatic nitrogens is 1. The molecule has 0 bridgehead atoms. The summed E-state index contributed by atoms with van der Waals surface area (Å²) in [5.74, 6) is -2.78. The second kappa shape index (κ2) is 7.96. The van der Waals surface area contributed by atoms with E-state index in [4.69, 9.17) is 0 Å². The Labute approximate surface area is 160 Å². The van der Waals surface area contributed by atoms with Crippen LogP contribution in [-0.2, 0) is 0 Å². The van der Waals surface area contributed by atoms with Crippen molar-refractivity contribution >= 4 is 23.2 Å². The molecule has 142 valence electrons.